The molecule has 0 unspecified atom stereocenters. The molecule has 3 aromatic carbocycles. The van der Waals surface area contributed by atoms with Crippen LogP contribution in [0.1, 0.15) is 11.1 Å². The van der Waals surface area contributed by atoms with Crippen molar-refractivity contribution in [3.8, 4) is 39.4 Å². The van der Waals surface area contributed by atoms with Crippen molar-refractivity contribution in [2.24, 2.45) is 0 Å². The molecule has 6 nitrogen and oxygen atoms in total. The second-order valence-corrected chi connectivity index (χ2v) is 8.43. The number of nitrogens with one attached hydrogen (secondary N) is 1. The Balaban J connectivity index is 1.42. The summed E-state index contributed by atoms with van der Waals surface area (Å²) >= 11 is 1.56. The fraction of sp³-hybridized carbons (Fsp3) is 0.107. The zero-order chi connectivity index (χ0) is 24.6. The molecule has 0 radical (unpaired) electrons. The van der Waals surface area contributed by atoms with Crippen molar-refractivity contribution in [2.75, 3.05) is 14.2 Å². The zero-order valence-corrected chi connectivity index (χ0v) is 20.1. The molecule has 1 amide bonds. The molecule has 0 bridgehead atoms. The Kier molecular flexibility index (Phi) is 7.56. The number of nitriles is 1. The van der Waals surface area contributed by atoms with Crippen molar-refractivity contribution < 1.29 is 14.3 Å². The van der Waals surface area contributed by atoms with Crippen molar-refractivity contribution in [1.29, 1.82) is 5.26 Å². The van der Waals surface area contributed by atoms with Crippen molar-refractivity contribution in [2.45, 2.75) is 6.54 Å². The number of carbonyl (C=O) groups excluding carboxylic acids is 1. The summed E-state index contributed by atoms with van der Waals surface area (Å²) < 4.78 is 10.7. The van der Waals surface area contributed by atoms with Crippen LogP contribution in [0.2, 0.25) is 0 Å². The first-order valence-electron chi connectivity index (χ1n) is 10.8. The molecule has 0 aliphatic heterocycles. The van der Waals surface area contributed by atoms with Gasteiger partial charge in [0.05, 0.1) is 19.9 Å². The van der Waals surface area contributed by atoms with Crippen molar-refractivity contribution >= 4 is 23.3 Å². The van der Waals surface area contributed by atoms with Crippen LogP contribution in [0.15, 0.2) is 83.7 Å². The highest BCUT2D eigenvalue weighted by molar-refractivity contribution is 7.13. The molecule has 1 N–H and O–H groups in total. The fourth-order valence-electron chi connectivity index (χ4n) is 3.44. The van der Waals surface area contributed by atoms with Crippen LogP contribution in [-0.2, 0) is 11.3 Å². The highest BCUT2D eigenvalue weighted by Gasteiger charge is 2.12. The monoisotopic (exact) mass is 481 g/mol. The Labute approximate surface area is 208 Å². The van der Waals surface area contributed by atoms with Crippen molar-refractivity contribution in [3.05, 3.63) is 94.9 Å². The summed E-state index contributed by atoms with van der Waals surface area (Å²) in [6.07, 6.45) is 1.58. The normalized spacial score (nSPS) is 10.9. The summed E-state index contributed by atoms with van der Waals surface area (Å²) in [5, 5.41) is 15.1. The third-order valence-electron chi connectivity index (χ3n) is 5.31. The number of carbonyl (C=O) groups is 1. The van der Waals surface area contributed by atoms with E-state index in [-0.39, 0.29) is 5.57 Å². The molecule has 0 spiro atoms. The summed E-state index contributed by atoms with van der Waals surface area (Å²) in [6.45, 7) is 0.321. The van der Waals surface area contributed by atoms with Crippen LogP contribution in [-0.4, -0.2) is 25.1 Å². The lowest BCUT2D eigenvalue weighted by Gasteiger charge is -2.08. The van der Waals surface area contributed by atoms with Gasteiger partial charge in [0.15, 0.2) is 11.5 Å². The van der Waals surface area contributed by atoms with E-state index in [1.165, 1.54) is 0 Å². The molecular weight excluding hydrogens is 458 g/mol. The number of aromatic nitrogens is 1. The Morgan fingerprint density at radius 2 is 1.71 bits per heavy atom. The van der Waals surface area contributed by atoms with Gasteiger partial charge in [-0.15, -0.1) is 11.3 Å². The van der Waals surface area contributed by atoms with Crippen molar-refractivity contribution in [1.82, 2.24) is 10.3 Å². The van der Waals surface area contributed by atoms with Gasteiger partial charge in [-0.05, 0) is 35.4 Å². The minimum Gasteiger partial charge on any atom is -0.493 e. The lowest BCUT2D eigenvalue weighted by molar-refractivity contribution is -0.117. The summed E-state index contributed by atoms with van der Waals surface area (Å²) in [4.78, 5) is 17.2. The zero-order valence-electron chi connectivity index (χ0n) is 19.3. The van der Waals surface area contributed by atoms with E-state index in [1.807, 2.05) is 84.2 Å². The number of hydrogen-bond acceptors (Lipinski definition) is 6. The smallest absolute Gasteiger partial charge is 0.262 e. The molecule has 174 valence electrons. The SMILES string of the molecule is COc1ccc(-c2csc(-c3ccc(CNC(=O)/C(C#N)=C/c4ccccc4)cc3)n2)cc1OC. The maximum atomic E-state index is 12.4. The molecule has 0 aliphatic carbocycles. The highest BCUT2D eigenvalue weighted by Crippen LogP contribution is 2.34. The van der Waals surface area contributed by atoms with Gasteiger partial charge < -0.3 is 14.8 Å². The topological polar surface area (TPSA) is 84.2 Å². The van der Waals surface area contributed by atoms with Crippen molar-refractivity contribution in [3.63, 3.8) is 0 Å². The van der Waals surface area contributed by atoms with Crippen LogP contribution in [0.4, 0.5) is 0 Å². The quantitative estimate of drug-likeness (QED) is 0.257. The number of ether oxygens (including phenoxy) is 2. The van der Waals surface area contributed by atoms with E-state index in [9.17, 15) is 10.1 Å². The second-order valence-electron chi connectivity index (χ2n) is 7.57. The molecule has 7 heteroatoms. The van der Waals surface area contributed by atoms with Crippen LogP contribution in [0, 0.1) is 11.3 Å². The molecule has 35 heavy (non-hydrogen) atoms. The van der Waals surface area contributed by atoms with Crippen LogP contribution >= 0.6 is 11.3 Å². The third kappa shape index (κ3) is 5.75. The molecule has 4 rings (SSSR count). The number of hydrogen-bond donors (Lipinski definition) is 1. The van der Waals surface area contributed by atoms with Gasteiger partial charge >= 0.3 is 0 Å². The minimum atomic E-state index is -0.403. The van der Waals surface area contributed by atoms with E-state index in [1.54, 1.807) is 31.6 Å². The summed E-state index contributed by atoms with van der Waals surface area (Å²) in [7, 11) is 3.22. The van der Waals surface area contributed by atoms with E-state index in [2.05, 4.69) is 5.32 Å². The molecular formula is C28H23N3O3S. The molecule has 4 aromatic rings. The largest absolute Gasteiger partial charge is 0.493 e. The Morgan fingerprint density at radius 3 is 2.40 bits per heavy atom. The third-order valence-corrected chi connectivity index (χ3v) is 6.20. The van der Waals surface area contributed by atoms with Crippen LogP contribution in [0.25, 0.3) is 27.9 Å². The van der Waals surface area contributed by atoms with E-state index in [4.69, 9.17) is 14.5 Å². The van der Waals surface area contributed by atoms with E-state index >= 15 is 0 Å². The van der Waals surface area contributed by atoms with Gasteiger partial charge in [0.1, 0.15) is 16.6 Å². The van der Waals surface area contributed by atoms with E-state index in [0.717, 1.165) is 33.0 Å². The van der Waals surface area contributed by atoms with Crippen LogP contribution in [0.3, 0.4) is 0 Å². The predicted molar refractivity (Wildman–Crippen MR) is 138 cm³/mol. The second kappa shape index (κ2) is 11.1. The van der Waals surface area contributed by atoms with Gasteiger partial charge in [-0.1, -0.05) is 54.6 Å². The van der Waals surface area contributed by atoms with Gasteiger partial charge in [0.2, 0.25) is 0 Å². The maximum Gasteiger partial charge on any atom is 0.262 e. The molecule has 0 aliphatic rings. The van der Waals surface area contributed by atoms with Gasteiger partial charge in [-0.3, -0.25) is 4.79 Å². The summed E-state index contributed by atoms with van der Waals surface area (Å²) in [5.41, 5.74) is 4.59. The van der Waals surface area contributed by atoms with E-state index in [0.29, 0.717) is 18.0 Å². The molecule has 0 saturated heterocycles. The molecule has 1 aromatic heterocycles. The fourth-order valence-corrected chi connectivity index (χ4v) is 4.28. The summed E-state index contributed by atoms with van der Waals surface area (Å²) in [5.74, 6) is 0.927. The number of amides is 1. The van der Waals surface area contributed by atoms with Gasteiger partial charge in [0.25, 0.3) is 5.91 Å². The maximum absolute atomic E-state index is 12.4. The molecule has 0 fully saturated rings. The Morgan fingerprint density at radius 1 is 1.00 bits per heavy atom. The lowest BCUT2D eigenvalue weighted by Crippen LogP contribution is -2.23. The first-order valence-corrected chi connectivity index (χ1v) is 11.7. The number of thiazole rings is 1. The molecule has 0 saturated carbocycles. The number of methoxy groups -OCH3 is 2. The van der Waals surface area contributed by atoms with Gasteiger partial charge in [-0.25, -0.2) is 4.98 Å². The molecule has 0 atom stereocenters. The van der Waals surface area contributed by atoms with Gasteiger partial charge in [-0.2, -0.15) is 5.26 Å². The average molecular weight is 482 g/mol. The predicted octanol–water partition coefficient (Wildman–Crippen LogP) is 5.72. The first-order chi connectivity index (χ1) is 17.1. The lowest BCUT2D eigenvalue weighted by atomic mass is 10.1. The standard InChI is InChI=1S/C28H23N3O3S/c1-33-25-13-12-22(15-26(25)34-2)24-18-35-28(31-24)21-10-8-20(9-11-21)17-30-27(32)23(16-29)14-19-6-4-3-5-7-19/h3-15,18H,17H2,1-2H3,(H,30,32)/b23-14+. The molecule has 1 heterocycles. The number of benzene rings is 3. The van der Waals surface area contributed by atoms with Crippen LogP contribution in [0.5, 0.6) is 11.5 Å². The highest BCUT2D eigenvalue weighted by atomic mass is 32.1. The Bertz CT molecular complexity index is 1390. The average Bonchev–Trinajstić information content (AvgIpc) is 3.41. The Hall–Kier alpha value is -4.41. The van der Waals surface area contributed by atoms with Gasteiger partial charge in [0, 0.05) is 23.1 Å². The minimum absolute atomic E-state index is 0.0679. The summed E-state index contributed by atoms with van der Waals surface area (Å²) in [6, 6.07) is 24.8. The van der Waals surface area contributed by atoms with Crippen LogP contribution < -0.4 is 14.8 Å². The number of nitrogens with zero attached hydrogens (tertiary/aromatic N) is 2. The van der Waals surface area contributed by atoms with E-state index < -0.39 is 5.91 Å². The number of rotatable bonds is 8. The first kappa shape index (κ1) is 23.7.